The Morgan fingerprint density at radius 3 is 2.22 bits per heavy atom. The van der Waals surface area contributed by atoms with E-state index in [-0.39, 0.29) is 11.7 Å². The molecule has 2 rings (SSSR count). The van der Waals surface area contributed by atoms with Gasteiger partial charge in [0.2, 0.25) is 0 Å². The van der Waals surface area contributed by atoms with E-state index in [9.17, 15) is 9.59 Å². The summed E-state index contributed by atoms with van der Waals surface area (Å²) in [5.74, 6) is 0.100. The van der Waals surface area contributed by atoms with E-state index < -0.39 is 6.09 Å². The molecule has 1 saturated heterocycles. The number of carbonyl (C=O) groups is 2. The predicted molar refractivity (Wildman–Crippen MR) is 67.8 cm³/mol. The number of ketones is 1. The number of benzene rings is 1. The number of rotatable bonds is 2. The molecule has 4 nitrogen and oxygen atoms in total. The Labute approximate surface area is 106 Å². The number of piperidine rings is 1. The van der Waals surface area contributed by atoms with Gasteiger partial charge in [0.1, 0.15) is 0 Å². The number of likely N-dealkylation sites (tertiary alicyclic amines) is 1. The van der Waals surface area contributed by atoms with E-state index in [1.54, 1.807) is 0 Å². The van der Waals surface area contributed by atoms with Crippen LogP contribution in [0.3, 0.4) is 0 Å². The van der Waals surface area contributed by atoms with Gasteiger partial charge in [0.05, 0.1) is 0 Å². The highest BCUT2D eigenvalue weighted by Gasteiger charge is 2.27. The molecule has 1 fully saturated rings. The predicted octanol–water partition coefficient (Wildman–Crippen LogP) is 2.57. The fraction of sp³-hybridized carbons (Fsp3) is 0.429. The van der Waals surface area contributed by atoms with E-state index in [0.717, 1.165) is 11.1 Å². The van der Waals surface area contributed by atoms with Gasteiger partial charge in [0.15, 0.2) is 5.78 Å². The van der Waals surface area contributed by atoms with Crippen molar-refractivity contribution in [1.29, 1.82) is 0 Å². The van der Waals surface area contributed by atoms with Crippen LogP contribution in [0.25, 0.3) is 0 Å². The van der Waals surface area contributed by atoms with Crippen molar-refractivity contribution in [2.75, 3.05) is 13.1 Å². The first-order chi connectivity index (χ1) is 8.58. The van der Waals surface area contributed by atoms with Crippen LogP contribution in [0.4, 0.5) is 4.79 Å². The number of aryl methyl sites for hydroxylation is 1. The molecule has 0 bridgehead atoms. The fourth-order valence-corrected chi connectivity index (χ4v) is 2.29. The number of carboxylic acid groups (broad SMARTS) is 1. The lowest BCUT2D eigenvalue weighted by Gasteiger charge is -2.29. The van der Waals surface area contributed by atoms with Crippen molar-refractivity contribution in [2.24, 2.45) is 5.92 Å². The Morgan fingerprint density at radius 2 is 1.72 bits per heavy atom. The maximum atomic E-state index is 12.2. The topological polar surface area (TPSA) is 57.6 Å². The number of nitrogens with zero attached hydrogens (tertiary/aromatic N) is 1. The van der Waals surface area contributed by atoms with Gasteiger partial charge in [-0.1, -0.05) is 29.8 Å². The molecule has 1 aliphatic rings. The largest absolute Gasteiger partial charge is 0.465 e. The molecule has 0 unspecified atom stereocenters. The maximum absolute atomic E-state index is 12.2. The Balaban J connectivity index is 1.99. The van der Waals surface area contributed by atoms with Crippen LogP contribution in [0.5, 0.6) is 0 Å². The van der Waals surface area contributed by atoms with Crippen LogP contribution in [0.1, 0.15) is 28.8 Å². The van der Waals surface area contributed by atoms with Crippen molar-refractivity contribution >= 4 is 11.9 Å². The molecule has 1 aromatic rings. The number of hydrogen-bond donors (Lipinski definition) is 1. The van der Waals surface area contributed by atoms with E-state index in [1.165, 1.54) is 4.90 Å². The van der Waals surface area contributed by atoms with Gasteiger partial charge in [-0.05, 0) is 19.8 Å². The third-order valence-corrected chi connectivity index (χ3v) is 3.47. The monoisotopic (exact) mass is 247 g/mol. The molecule has 1 aromatic carbocycles. The first-order valence-corrected chi connectivity index (χ1v) is 6.16. The molecule has 1 aliphatic heterocycles. The zero-order chi connectivity index (χ0) is 13.1. The fourth-order valence-electron chi connectivity index (χ4n) is 2.29. The summed E-state index contributed by atoms with van der Waals surface area (Å²) in [6, 6.07) is 7.56. The van der Waals surface area contributed by atoms with Gasteiger partial charge >= 0.3 is 6.09 Å². The summed E-state index contributed by atoms with van der Waals surface area (Å²) in [5, 5.41) is 8.85. The van der Waals surface area contributed by atoms with Crippen molar-refractivity contribution in [3.05, 3.63) is 35.4 Å². The summed E-state index contributed by atoms with van der Waals surface area (Å²) in [4.78, 5) is 24.4. The van der Waals surface area contributed by atoms with Crippen molar-refractivity contribution in [3.63, 3.8) is 0 Å². The van der Waals surface area contributed by atoms with Crippen LogP contribution in [-0.4, -0.2) is 35.0 Å². The van der Waals surface area contributed by atoms with Crippen molar-refractivity contribution < 1.29 is 14.7 Å². The number of carbonyl (C=O) groups excluding carboxylic acids is 1. The van der Waals surface area contributed by atoms with Gasteiger partial charge < -0.3 is 10.0 Å². The first kappa shape index (κ1) is 12.6. The molecule has 0 spiro atoms. The molecule has 1 N–H and O–H groups in total. The highest BCUT2D eigenvalue weighted by atomic mass is 16.4. The molecule has 4 heteroatoms. The average molecular weight is 247 g/mol. The maximum Gasteiger partial charge on any atom is 0.407 e. The van der Waals surface area contributed by atoms with Gasteiger partial charge in [0.25, 0.3) is 0 Å². The smallest absolute Gasteiger partial charge is 0.407 e. The lowest BCUT2D eigenvalue weighted by Crippen LogP contribution is -2.39. The van der Waals surface area contributed by atoms with E-state index in [2.05, 4.69) is 0 Å². The van der Waals surface area contributed by atoms with Crippen molar-refractivity contribution in [3.8, 4) is 0 Å². The summed E-state index contributed by atoms with van der Waals surface area (Å²) in [6.07, 6.45) is 0.356. The standard InChI is InChI=1S/C14H17NO3/c1-10-2-4-11(5-3-10)13(16)12-6-8-15(9-7-12)14(17)18/h2-5,12H,6-9H2,1H3,(H,17,18). The van der Waals surface area contributed by atoms with Crippen molar-refractivity contribution in [1.82, 2.24) is 4.90 Å². The lowest BCUT2D eigenvalue weighted by molar-refractivity contribution is 0.0821. The molecular formula is C14H17NO3. The zero-order valence-electron chi connectivity index (χ0n) is 10.4. The SMILES string of the molecule is Cc1ccc(C(=O)C2CCN(C(=O)O)CC2)cc1. The molecule has 0 radical (unpaired) electrons. The van der Waals surface area contributed by atoms with Crippen LogP contribution in [-0.2, 0) is 0 Å². The van der Waals surface area contributed by atoms with Crippen LogP contribution in [0.15, 0.2) is 24.3 Å². The van der Waals surface area contributed by atoms with E-state index in [0.29, 0.717) is 25.9 Å². The number of hydrogen-bond acceptors (Lipinski definition) is 2. The minimum atomic E-state index is -0.892. The minimum absolute atomic E-state index is 0.0386. The van der Waals surface area contributed by atoms with Gasteiger partial charge in [-0.2, -0.15) is 0 Å². The van der Waals surface area contributed by atoms with Gasteiger partial charge in [0, 0.05) is 24.6 Å². The Bertz CT molecular complexity index is 445. The van der Waals surface area contributed by atoms with Gasteiger partial charge in [-0.3, -0.25) is 4.79 Å². The van der Waals surface area contributed by atoms with Crippen LogP contribution in [0, 0.1) is 12.8 Å². The quantitative estimate of drug-likeness (QED) is 0.817. The third kappa shape index (κ3) is 2.70. The highest BCUT2D eigenvalue weighted by molar-refractivity contribution is 5.98. The van der Waals surface area contributed by atoms with Crippen LogP contribution >= 0.6 is 0 Å². The normalized spacial score (nSPS) is 16.6. The van der Waals surface area contributed by atoms with Gasteiger partial charge in [-0.25, -0.2) is 4.79 Å². The summed E-state index contributed by atoms with van der Waals surface area (Å²) in [7, 11) is 0. The second-order valence-corrected chi connectivity index (χ2v) is 4.77. The van der Waals surface area contributed by atoms with E-state index >= 15 is 0 Å². The molecule has 1 heterocycles. The highest BCUT2D eigenvalue weighted by Crippen LogP contribution is 2.22. The summed E-state index contributed by atoms with van der Waals surface area (Å²) < 4.78 is 0. The Morgan fingerprint density at radius 1 is 1.17 bits per heavy atom. The summed E-state index contributed by atoms with van der Waals surface area (Å²) in [6.45, 7) is 2.90. The Kier molecular flexibility index (Phi) is 3.65. The number of amides is 1. The van der Waals surface area contributed by atoms with Crippen LogP contribution in [0.2, 0.25) is 0 Å². The number of Topliss-reactive ketones (excluding diaryl/α,β-unsaturated/α-hetero) is 1. The molecule has 0 saturated carbocycles. The van der Waals surface area contributed by atoms with E-state index in [4.69, 9.17) is 5.11 Å². The third-order valence-electron chi connectivity index (χ3n) is 3.47. The van der Waals surface area contributed by atoms with Crippen LogP contribution < -0.4 is 0 Å². The Hall–Kier alpha value is -1.84. The molecule has 0 aromatic heterocycles. The minimum Gasteiger partial charge on any atom is -0.465 e. The summed E-state index contributed by atoms with van der Waals surface area (Å²) >= 11 is 0. The molecular weight excluding hydrogens is 230 g/mol. The van der Waals surface area contributed by atoms with Crippen molar-refractivity contribution in [2.45, 2.75) is 19.8 Å². The second-order valence-electron chi connectivity index (χ2n) is 4.77. The molecule has 0 atom stereocenters. The lowest BCUT2D eigenvalue weighted by atomic mass is 9.89. The average Bonchev–Trinajstić information content (AvgIpc) is 2.39. The molecule has 0 aliphatic carbocycles. The molecule has 96 valence electrons. The second kappa shape index (κ2) is 5.21. The zero-order valence-corrected chi connectivity index (χ0v) is 10.4. The summed E-state index contributed by atoms with van der Waals surface area (Å²) in [5.41, 5.74) is 1.86. The van der Waals surface area contributed by atoms with E-state index in [1.807, 2.05) is 31.2 Å². The first-order valence-electron chi connectivity index (χ1n) is 6.16. The van der Waals surface area contributed by atoms with Gasteiger partial charge in [-0.15, -0.1) is 0 Å². The molecule has 1 amide bonds. The molecule has 18 heavy (non-hydrogen) atoms.